The molecule has 3 aromatic rings. The summed E-state index contributed by atoms with van der Waals surface area (Å²) in [6.07, 6.45) is 4.77. The Balaban J connectivity index is 1.45. The molecular weight excluding hydrogens is 491 g/mol. The third kappa shape index (κ3) is 8.89. The number of nitrogens with zero attached hydrogens (tertiary/aromatic N) is 2. The molecule has 1 saturated heterocycles. The van der Waals surface area contributed by atoms with Gasteiger partial charge in [0.1, 0.15) is 23.1 Å². The number of halogens is 1. The average molecular weight is 533 g/mol. The molecule has 0 spiro atoms. The maximum absolute atomic E-state index is 14.1. The van der Waals surface area contributed by atoms with Crippen LogP contribution in [-0.4, -0.2) is 42.0 Å². The molecule has 5 nitrogen and oxygen atoms in total. The molecule has 0 atom stereocenters. The summed E-state index contributed by atoms with van der Waals surface area (Å²) >= 11 is 0. The minimum Gasteiger partial charge on any atom is -0.494 e. The van der Waals surface area contributed by atoms with Gasteiger partial charge in [-0.15, -0.1) is 0 Å². The second-order valence-electron chi connectivity index (χ2n) is 10.8. The van der Waals surface area contributed by atoms with Crippen LogP contribution in [0.2, 0.25) is 0 Å². The average Bonchev–Trinajstić information content (AvgIpc) is 2.92. The highest BCUT2D eigenvalue weighted by atomic mass is 19.1. The van der Waals surface area contributed by atoms with E-state index in [4.69, 9.17) is 14.5 Å². The van der Waals surface area contributed by atoms with Crippen LogP contribution in [0.4, 0.5) is 4.39 Å². The van der Waals surface area contributed by atoms with Crippen molar-refractivity contribution in [2.45, 2.75) is 65.8 Å². The van der Waals surface area contributed by atoms with Crippen molar-refractivity contribution in [1.29, 1.82) is 0 Å². The summed E-state index contributed by atoms with van der Waals surface area (Å²) in [6, 6.07) is 16.9. The van der Waals surface area contributed by atoms with Gasteiger partial charge in [-0.25, -0.2) is 4.39 Å². The fourth-order valence-electron chi connectivity index (χ4n) is 4.94. The number of piperidine rings is 1. The second kappa shape index (κ2) is 14.2. The third-order valence-electron chi connectivity index (χ3n) is 6.92. The number of hydrogen-bond donors (Lipinski definition) is 0. The number of aryl methyl sites for hydroxylation is 1. The lowest BCUT2D eigenvalue weighted by atomic mass is 10.00. The van der Waals surface area contributed by atoms with Crippen molar-refractivity contribution >= 4 is 5.78 Å². The van der Waals surface area contributed by atoms with Gasteiger partial charge in [0.2, 0.25) is 0 Å². The molecule has 0 N–H and O–H groups in total. The van der Waals surface area contributed by atoms with Crippen LogP contribution in [0.15, 0.2) is 54.6 Å². The summed E-state index contributed by atoms with van der Waals surface area (Å²) in [7, 11) is 0. The van der Waals surface area contributed by atoms with Gasteiger partial charge < -0.3 is 9.47 Å². The zero-order valence-corrected chi connectivity index (χ0v) is 23.5. The Morgan fingerprint density at radius 3 is 2.46 bits per heavy atom. The van der Waals surface area contributed by atoms with Crippen molar-refractivity contribution in [1.82, 2.24) is 9.88 Å². The highest BCUT2D eigenvalue weighted by Crippen LogP contribution is 2.27. The summed E-state index contributed by atoms with van der Waals surface area (Å²) < 4.78 is 25.4. The van der Waals surface area contributed by atoms with Gasteiger partial charge in [0.05, 0.1) is 18.9 Å². The standard InChI is InChI=1S/C33H41FN2O3/c1-4-38-30-13-9-26(10-14-30)32-15-11-28(35-33(32)22-36-16-6-5-7-17-36)21-29(37)12-8-25-18-27(34)20-31(19-25)39-23-24(2)3/h9-11,13-15,18-20,24H,4-8,12,16-17,21-23H2,1-3H3. The van der Waals surface area contributed by atoms with Crippen molar-refractivity contribution in [3.05, 3.63) is 77.4 Å². The van der Waals surface area contributed by atoms with Crippen LogP contribution >= 0.6 is 0 Å². The minimum atomic E-state index is -0.340. The van der Waals surface area contributed by atoms with Gasteiger partial charge in [0.25, 0.3) is 0 Å². The number of benzene rings is 2. The van der Waals surface area contributed by atoms with Crippen molar-refractivity contribution < 1.29 is 18.7 Å². The lowest BCUT2D eigenvalue weighted by Gasteiger charge is -2.27. The largest absolute Gasteiger partial charge is 0.494 e. The number of carbonyl (C=O) groups is 1. The van der Waals surface area contributed by atoms with E-state index >= 15 is 0 Å². The topological polar surface area (TPSA) is 51.7 Å². The number of hydrogen-bond acceptors (Lipinski definition) is 5. The normalized spacial score (nSPS) is 14.0. The Morgan fingerprint density at radius 2 is 1.74 bits per heavy atom. The van der Waals surface area contributed by atoms with Gasteiger partial charge in [-0.2, -0.15) is 0 Å². The molecule has 0 bridgehead atoms. The first-order valence-electron chi connectivity index (χ1n) is 14.3. The molecule has 0 radical (unpaired) electrons. The number of Topliss-reactive ketones (excluding diaryl/α,β-unsaturated/α-hetero) is 1. The summed E-state index contributed by atoms with van der Waals surface area (Å²) in [4.78, 5) is 20.4. The number of ether oxygens (including phenoxy) is 2. The van der Waals surface area contributed by atoms with E-state index in [0.717, 1.165) is 53.5 Å². The molecule has 1 fully saturated rings. The highest BCUT2D eigenvalue weighted by molar-refractivity contribution is 5.81. The number of rotatable bonds is 13. The molecule has 4 rings (SSSR count). The summed E-state index contributed by atoms with van der Waals surface area (Å²) in [5, 5.41) is 0. The van der Waals surface area contributed by atoms with E-state index < -0.39 is 0 Å². The van der Waals surface area contributed by atoms with Gasteiger partial charge >= 0.3 is 0 Å². The Bertz CT molecular complexity index is 1220. The number of ketones is 1. The highest BCUT2D eigenvalue weighted by Gasteiger charge is 2.17. The number of carbonyl (C=O) groups excluding carboxylic acids is 1. The molecular formula is C33H41FN2O3. The minimum absolute atomic E-state index is 0.0918. The molecule has 39 heavy (non-hydrogen) atoms. The van der Waals surface area contributed by atoms with E-state index in [1.54, 1.807) is 0 Å². The summed E-state index contributed by atoms with van der Waals surface area (Å²) in [5.41, 5.74) is 4.74. The van der Waals surface area contributed by atoms with E-state index in [1.807, 2.05) is 31.2 Å². The molecule has 0 amide bonds. The van der Waals surface area contributed by atoms with Gasteiger partial charge in [-0.05, 0) is 86.7 Å². The lowest BCUT2D eigenvalue weighted by Crippen LogP contribution is -2.29. The first-order chi connectivity index (χ1) is 18.9. The van der Waals surface area contributed by atoms with Crippen LogP contribution in [-0.2, 0) is 24.2 Å². The van der Waals surface area contributed by atoms with Crippen LogP contribution < -0.4 is 9.47 Å². The van der Waals surface area contributed by atoms with Crippen LogP contribution in [0.5, 0.6) is 11.5 Å². The Kier molecular flexibility index (Phi) is 10.5. The van der Waals surface area contributed by atoms with Crippen molar-refractivity contribution in [3.8, 4) is 22.6 Å². The fourth-order valence-corrected chi connectivity index (χ4v) is 4.94. The maximum Gasteiger partial charge on any atom is 0.139 e. The number of likely N-dealkylation sites (tertiary alicyclic amines) is 1. The fraction of sp³-hybridized carbons (Fsp3) is 0.455. The third-order valence-corrected chi connectivity index (χ3v) is 6.92. The second-order valence-corrected chi connectivity index (χ2v) is 10.8. The molecule has 1 aliphatic heterocycles. The van der Waals surface area contributed by atoms with Crippen LogP contribution in [0, 0.1) is 11.7 Å². The molecule has 1 aliphatic rings. The predicted molar refractivity (Wildman–Crippen MR) is 154 cm³/mol. The van der Waals surface area contributed by atoms with E-state index in [9.17, 15) is 9.18 Å². The molecule has 0 aliphatic carbocycles. The number of aromatic nitrogens is 1. The molecule has 2 heterocycles. The molecule has 0 unspecified atom stereocenters. The van der Waals surface area contributed by atoms with Gasteiger partial charge in [0.15, 0.2) is 0 Å². The van der Waals surface area contributed by atoms with Gasteiger partial charge in [0, 0.05) is 36.7 Å². The first kappa shape index (κ1) is 28.8. The Hall–Kier alpha value is -3.25. The Morgan fingerprint density at radius 1 is 0.974 bits per heavy atom. The lowest BCUT2D eigenvalue weighted by molar-refractivity contribution is -0.118. The summed E-state index contributed by atoms with van der Waals surface area (Å²) in [6.45, 7) is 10.2. The molecule has 6 heteroatoms. The molecule has 0 saturated carbocycles. The Labute approximate surface area is 232 Å². The SMILES string of the molecule is CCOc1ccc(-c2ccc(CC(=O)CCc3cc(F)cc(OCC(C)C)c3)nc2CN2CCCCC2)cc1. The van der Waals surface area contributed by atoms with Crippen molar-refractivity contribution in [2.75, 3.05) is 26.3 Å². The maximum atomic E-state index is 14.1. The molecule has 1 aromatic heterocycles. The molecule has 2 aromatic carbocycles. The van der Waals surface area contributed by atoms with E-state index in [-0.39, 0.29) is 18.0 Å². The van der Waals surface area contributed by atoms with Crippen LogP contribution in [0.1, 0.15) is 63.4 Å². The number of pyridine rings is 1. The van der Waals surface area contributed by atoms with E-state index in [1.165, 1.54) is 31.4 Å². The van der Waals surface area contributed by atoms with Crippen LogP contribution in [0.3, 0.4) is 0 Å². The monoisotopic (exact) mass is 532 g/mol. The van der Waals surface area contributed by atoms with Crippen molar-refractivity contribution in [3.63, 3.8) is 0 Å². The quantitative estimate of drug-likeness (QED) is 0.236. The van der Waals surface area contributed by atoms with Crippen molar-refractivity contribution in [2.24, 2.45) is 5.92 Å². The smallest absolute Gasteiger partial charge is 0.139 e. The zero-order chi connectivity index (χ0) is 27.6. The van der Waals surface area contributed by atoms with Gasteiger partial charge in [-0.3, -0.25) is 14.7 Å². The van der Waals surface area contributed by atoms with E-state index in [2.05, 4.69) is 36.9 Å². The first-order valence-corrected chi connectivity index (χ1v) is 14.3. The van der Waals surface area contributed by atoms with Crippen LogP contribution in [0.25, 0.3) is 11.1 Å². The molecule has 208 valence electrons. The summed E-state index contributed by atoms with van der Waals surface area (Å²) in [5.74, 6) is 1.47. The predicted octanol–water partition coefficient (Wildman–Crippen LogP) is 7.05. The van der Waals surface area contributed by atoms with E-state index in [0.29, 0.717) is 37.7 Å². The van der Waals surface area contributed by atoms with Gasteiger partial charge in [-0.1, -0.05) is 38.5 Å². The zero-order valence-electron chi connectivity index (χ0n) is 23.5.